The van der Waals surface area contributed by atoms with Gasteiger partial charge in [0.1, 0.15) is 5.75 Å². The number of ether oxygens (including phenoxy) is 1. The van der Waals surface area contributed by atoms with Crippen LogP contribution < -0.4 is 4.74 Å². The molecule has 0 aliphatic carbocycles. The Kier molecular flexibility index (Phi) is 2.06. The maximum atomic E-state index is 11.5. The molecule has 1 aromatic rings. The third-order valence-electron chi connectivity index (χ3n) is 2.12. The number of halogens is 1. The second-order valence-corrected chi connectivity index (χ2v) is 5.29. The van der Waals surface area contributed by atoms with Gasteiger partial charge in [0.2, 0.25) is 3.61 Å². The molecule has 1 heterocycles. The normalized spacial score (nSPS) is 26.5. The summed E-state index contributed by atoms with van der Waals surface area (Å²) in [4.78, 5) is 11.5. The summed E-state index contributed by atoms with van der Waals surface area (Å²) in [5, 5.41) is 0. The van der Waals surface area contributed by atoms with Crippen molar-refractivity contribution in [2.24, 2.45) is 0 Å². The van der Waals surface area contributed by atoms with Crippen molar-refractivity contribution in [3.05, 3.63) is 29.8 Å². The number of hydrogen-bond donors (Lipinski definition) is 0. The quantitative estimate of drug-likeness (QED) is 0.541. The van der Waals surface area contributed by atoms with E-state index in [0.29, 0.717) is 6.42 Å². The third-order valence-corrected chi connectivity index (χ3v) is 2.95. The highest BCUT2D eigenvalue weighted by atomic mass is 127. The summed E-state index contributed by atoms with van der Waals surface area (Å²) in [6.07, 6.45) is 0.482. The fourth-order valence-electron chi connectivity index (χ4n) is 1.34. The molecular formula is C10H9IO2. The number of fused-ring (bicyclic) bond motifs is 1. The monoisotopic (exact) mass is 288 g/mol. The van der Waals surface area contributed by atoms with Gasteiger partial charge in [0, 0.05) is 12.0 Å². The predicted octanol–water partition coefficient (Wildman–Crippen LogP) is 2.34. The molecule has 0 spiro atoms. The first-order valence-electron chi connectivity index (χ1n) is 4.09. The predicted molar refractivity (Wildman–Crippen MR) is 58.2 cm³/mol. The minimum Gasteiger partial charge on any atom is -0.469 e. The van der Waals surface area contributed by atoms with E-state index in [1.807, 2.05) is 46.9 Å². The summed E-state index contributed by atoms with van der Waals surface area (Å²) < 4.78 is 4.88. The molecule has 0 bridgehead atoms. The van der Waals surface area contributed by atoms with E-state index in [1.54, 1.807) is 6.92 Å². The Morgan fingerprint density at radius 3 is 2.92 bits per heavy atom. The third kappa shape index (κ3) is 1.57. The van der Waals surface area contributed by atoms with Crippen LogP contribution in [0.2, 0.25) is 0 Å². The van der Waals surface area contributed by atoms with Crippen LogP contribution in [-0.4, -0.2) is 9.39 Å². The number of para-hydroxylation sites is 1. The molecule has 0 fully saturated rings. The largest absolute Gasteiger partial charge is 0.469 e. The number of benzene rings is 1. The smallest absolute Gasteiger partial charge is 0.214 e. The Bertz CT molecular complexity index is 358. The SMILES string of the molecule is CC1(I)Oc2ccccc2CC1=O. The molecule has 0 aromatic heterocycles. The summed E-state index contributed by atoms with van der Waals surface area (Å²) in [5.74, 6) is 0.964. The molecule has 13 heavy (non-hydrogen) atoms. The van der Waals surface area contributed by atoms with E-state index in [0.717, 1.165) is 11.3 Å². The van der Waals surface area contributed by atoms with Crippen molar-refractivity contribution in [1.29, 1.82) is 0 Å². The molecule has 1 unspecified atom stereocenters. The van der Waals surface area contributed by atoms with Crippen LogP contribution in [0, 0.1) is 0 Å². The molecule has 0 amide bonds. The standard InChI is InChI=1S/C10H9IO2/c1-10(11)9(12)6-7-4-2-3-5-8(7)13-10/h2-5H,6H2,1H3. The van der Waals surface area contributed by atoms with Crippen molar-refractivity contribution in [3.63, 3.8) is 0 Å². The first-order chi connectivity index (χ1) is 6.09. The van der Waals surface area contributed by atoms with Crippen molar-refractivity contribution in [1.82, 2.24) is 0 Å². The molecule has 1 atom stereocenters. The molecule has 2 nitrogen and oxygen atoms in total. The molecule has 3 heteroatoms. The van der Waals surface area contributed by atoms with E-state index in [2.05, 4.69) is 0 Å². The van der Waals surface area contributed by atoms with Crippen LogP contribution in [0.3, 0.4) is 0 Å². The number of ketones is 1. The number of rotatable bonds is 0. The van der Waals surface area contributed by atoms with Gasteiger partial charge in [0.05, 0.1) is 0 Å². The molecule has 0 saturated heterocycles. The molecular weight excluding hydrogens is 279 g/mol. The molecule has 1 aliphatic rings. The Balaban J connectivity index is 2.44. The van der Waals surface area contributed by atoms with Gasteiger partial charge >= 0.3 is 0 Å². The Morgan fingerprint density at radius 1 is 1.46 bits per heavy atom. The van der Waals surface area contributed by atoms with Crippen molar-refractivity contribution in [2.75, 3.05) is 0 Å². The summed E-state index contributed by atoms with van der Waals surface area (Å²) in [6.45, 7) is 1.80. The Hall–Kier alpha value is -0.580. The molecule has 1 aromatic carbocycles. The molecule has 2 rings (SSSR count). The zero-order valence-corrected chi connectivity index (χ0v) is 9.37. The first-order valence-corrected chi connectivity index (χ1v) is 5.16. The van der Waals surface area contributed by atoms with Crippen LogP contribution in [0.15, 0.2) is 24.3 Å². The fourth-order valence-corrected chi connectivity index (χ4v) is 1.77. The van der Waals surface area contributed by atoms with E-state index in [-0.39, 0.29) is 5.78 Å². The lowest BCUT2D eigenvalue weighted by Gasteiger charge is -2.29. The number of Topliss-reactive ketones (excluding diaryl/α,β-unsaturated/α-hetero) is 1. The van der Waals surface area contributed by atoms with Crippen LogP contribution in [0.25, 0.3) is 0 Å². The molecule has 1 aliphatic heterocycles. The molecule has 0 saturated carbocycles. The highest BCUT2D eigenvalue weighted by Gasteiger charge is 2.36. The van der Waals surface area contributed by atoms with Crippen LogP contribution in [0.5, 0.6) is 5.75 Å². The van der Waals surface area contributed by atoms with E-state index in [9.17, 15) is 4.79 Å². The van der Waals surface area contributed by atoms with Crippen LogP contribution >= 0.6 is 22.6 Å². The van der Waals surface area contributed by atoms with Crippen LogP contribution in [-0.2, 0) is 11.2 Å². The lowest BCUT2D eigenvalue weighted by atomic mass is 10.0. The van der Waals surface area contributed by atoms with Gasteiger partial charge in [-0.2, -0.15) is 0 Å². The van der Waals surface area contributed by atoms with Gasteiger partial charge < -0.3 is 4.74 Å². The molecule has 68 valence electrons. The van der Waals surface area contributed by atoms with E-state index in [1.165, 1.54) is 0 Å². The highest BCUT2D eigenvalue weighted by Crippen LogP contribution is 2.34. The Labute approximate surface area is 90.4 Å². The van der Waals surface area contributed by atoms with E-state index >= 15 is 0 Å². The zero-order chi connectivity index (χ0) is 9.47. The van der Waals surface area contributed by atoms with E-state index < -0.39 is 3.61 Å². The summed E-state index contributed by atoms with van der Waals surface area (Å²) in [6, 6.07) is 7.67. The Morgan fingerprint density at radius 2 is 2.15 bits per heavy atom. The van der Waals surface area contributed by atoms with Gasteiger partial charge in [-0.3, -0.25) is 4.79 Å². The number of carbonyl (C=O) groups is 1. The van der Waals surface area contributed by atoms with Gasteiger partial charge in [-0.05, 0) is 35.6 Å². The van der Waals surface area contributed by atoms with Crippen LogP contribution in [0.4, 0.5) is 0 Å². The van der Waals surface area contributed by atoms with Gasteiger partial charge in [0.25, 0.3) is 0 Å². The minimum absolute atomic E-state index is 0.131. The maximum Gasteiger partial charge on any atom is 0.214 e. The lowest BCUT2D eigenvalue weighted by molar-refractivity contribution is -0.126. The van der Waals surface area contributed by atoms with Gasteiger partial charge in [0.15, 0.2) is 5.78 Å². The van der Waals surface area contributed by atoms with Crippen molar-refractivity contribution < 1.29 is 9.53 Å². The van der Waals surface area contributed by atoms with Crippen molar-refractivity contribution in [2.45, 2.75) is 17.0 Å². The first kappa shape index (κ1) is 8.99. The van der Waals surface area contributed by atoms with Crippen molar-refractivity contribution in [3.8, 4) is 5.75 Å². The average molecular weight is 288 g/mol. The van der Waals surface area contributed by atoms with Crippen LogP contribution in [0.1, 0.15) is 12.5 Å². The summed E-state index contributed by atoms with van der Waals surface area (Å²) >= 11 is 2.04. The number of alkyl halides is 1. The summed E-state index contributed by atoms with van der Waals surface area (Å²) in [7, 11) is 0. The van der Waals surface area contributed by atoms with E-state index in [4.69, 9.17) is 4.74 Å². The second kappa shape index (κ2) is 2.97. The molecule has 0 radical (unpaired) electrons. The number of carbonyl (C=O) groups excluding carboxylic acids is 1. The molecule has 0 N–H and O–H groups in total. The van der Waals surface area contributed by atoms with Gasteiger partial charge in [-0.1, -0.05) is 18.2 Å². The average Bonchev–Trinajstić information content (AvgIpc) is 2.06. The zero-order valence-electron chi connectivity index (χ0n) is 7.21. The van der Waals surface area contributed by atoms with Crippen molar-refractivity contribution >= 4 is 28.4 Å². The second-order valence-electron chi connectivity index (χ2n) is 3.23. The summed E-state index contributed by atoms with van der Waals surface area (Å²) in [5.41, 5.74) is 0.988. The number of hydrogen-bond acceptors (Lipinski definition) is 2. The lowest BCUT2D eigenvalue weighted by Crippen LogP contribution is -2.39. The van der Waals surface area contributed by atoms with Gasteiger partial charge in [-0.25, -0.2) is 0 Å². The topological polar surface area (TPSA) is 26.3 Å². The fraction of sp³-hybridized carbons (Fsp3) is 0.300. The van der Waals surface area contributed by atoms with Gasteiger partial charge in [-0.15, -0.1) is 0 Å². The maximum absolute atomic E-state index is 11.5. The highest BCUT2D eigenvalue weighted by molar-refractivity contribution is 14.1. The minimum atomic E-state index is -0.688.